The van der Waals surface area contributed by atoms with E-state index < -0.39 is 59.4 Å². The summed E-state index contributed by atoms with van der Waals surface area (Å²) in [4.78, 5) is 117. The number of carbonyl (C=O) groups is 8. The van der Waals surface area contributed by atoms with Gasteiger partial charge in [0.2, 0.25) is 11.8 Å². The van der Waals surface area contributed by atoms with Gasteiger partial charge in [-0.3, -0.25) is 48.2 Å². The third kappa shape index (κ3) is 6.98. The highest BCUT2D eigenvalue weighted by molar-refractivity contribution is 6.24. The molecule has 4 aromatic rings. The predicted octanol–water partition coefficient (Wildman–Crippen LogP) is 6.69. The number of ketones is 1. The van der Waals surface area contributed by atoms with Crippen LogP contribution in [0.1, 0.15) is 128 Å². The van der Waals surface area contributed by atoms with Crippen molar-refractivity contribution in [3.05, 3.63) is 129 Å². The molecule has 0 aromatic heterocycles. The van der Waals surface area contributed by atoms with Gasteiger partial charge >= 0.3 is 5.97 Å². The number of hydrogen-bond donors (Lipinski definition) is 1. The van der Waals surface area contributed by atoms with Gasteiger partial charge in [0.25, 0.3) is 23.6 Å². The van der Waals surface area contributed by atoms with Gasteiger partial charge in [0.15, 0.2) is 0 Å². The number of amides is 6. The van der Waals surface area contributed by atoms with E-state index in [9.17, 15) is 43.5 Å². The Bertz CT molecular complexity index is 2690. The van der Waals surface area contributed by atoms with Crippen molar-refractivity contribution in [1.82, 2.24) is 19.6 Å². The lowest BCUT2D eigenvalue weighted by molar-refractivity contribution is -0.150. The molecule has 0 radical (unpaired) electrons. The normalized spacial score (nSPS) is 24.8. The van der Waals surface area contributed by atoms with Gasteiger partial charge in [-0.25, -0.2) is 0 Å². The number of nitrogens with zero attached hydrogens (tertiary/aromatic N) is 4. The molecule has 0 spiro atoms. The van der Waals surface area contributed by atoms with E-state index in [0.29, 0.717) is 68.2 Å². The van der Waals surface area contributed by atoms with Crippen LogP contribution in [0.3, 0.4) is 0 Å². The molecule has 2 unspecified atom stereocenters. The van der Waals surface area contributed by atoms with Crippen LogP contribution in [0.15, 0.2) is 84.9 Å². The highest BCUT2D eigenvalue weighted by atomic mass is 16.4. The first-order valence-electron chi connectivity index (χ1n) is 22.9. The summed E-state index contributed by atoms with van der Waals surface area (Å²) < 4.78 is 0. The largest absolute Gasteiger partial charge is 0.481 e. The van der Waals surface area contributed by atoms with Gasteiger partial charge in [-0.2, -0.15) is 0 Å². The van der Waals surface area contributed by atoms with E-state index in [0.717, 1.165) is 34.4 Å². The molecule has 13 heteroatoms. The molecule has 10 rings (SSSR count). The van der Waals surface area contributed by atoms with Crippen LogP contribution in [0.4, 0.5) is 0 Å². The van der Waals surface area contributed by atoms with Crippen molar-refractivity contribution in [2.24, 2.45) is 23.7 Å². The topological polar surface area (TPSA) is 170 Å². The van der Waals surface area contributed by atoms with Crippen LogP contribution in [-0.4, -0.2) is 98.1 Å². The summed E-state index contributed by atoms with van der Waals surface area (Å²) in [6.45, 7) is 1.88. The van der Waals surface area contributed by atoms with Gasteiger partial charge in [0, 0.05) is 24.9 Å². The first-order valence-corrected chi connectivity index (χ1v) is 22.9. The van der Waals surface area contributed by atoms with Crippen LogP contribution in [0.5, 0.6) is 0 Å². The van der Waals surface area contributed by atoms with E-state index in [2.05, 4.69) is 0 Å². The molecular weight excluding hydrogens is 825 g/mol. The lowest BCUT2D eigenvalue weighted by Gasteiger charge is -2.42. The molecule has 1 N–H and O–H groups in total. The SMILES string of the molecule is CC(=O)[C@H]1CCCC[C@H]1C(=O)N1CCc2ccccc2[C@H]1CN1C(=O)c2cccc(-c3cccc4c3CCN(C(=O)C3CCCC3C(=O)O)[C@@H]4CN3C(=O)c4ccccc4C3=O)c2C1=O. The van der Waals surface area contributed by atoms with Crippen molar-refractivity contribution in [3.8, 4) is 11.1 Å². The van der Waals surface area contributed by atoms with E-state index in [1.807, 2.05) is 36.4 Å². The standard InChI is InChI=1S/C52H50N4O9/c1-29(57)31-12-4-5-14-37(31)46(58)53-25-23-30-11-2-3-13-32(30)43(53)27-56-50(62)42-22-9-19-36(45(42)51(56)63)33-17-8-18-35-34(33)24-26-54(47(59)40-20-10-21-41(40)52(64)65)44(35)28-55-48(60)38-15-6-7-16-39(38)49(55)61/h2-3,6-9,11,13,15-19,22,31,37,40-41,43-44H,4-5,10,12,14,20-21,23-28H2,1H3,(H,64,65)/t31-,37-,40?,41?,43-,44-/m1/s1. The average Bonchev–Trinajstić information content (AvgIpc) is 3.99. The van der Waals surface area contributed by atoms with E-state index in [-0.39, 0.29) is 65.4 Å². The lowest BCUT2D eigenvalue weighted by atomic mass is 9.76. The molecular formula is C52H50N4O9. The molecule has 65 heavy (non-hydrogen) atoms. The molecule has 6 atom stereocenters. The molecule has 4 aromatic carbocycles. The molecule has 2 fully saturated rings. The van der Waals surface area contributed by atoms with Crippen molar-refractivity contribution >= 4 is 47.2 Å². The Hall–Kier alpha value is -6.76. The smallest absolute Gasteiger partial charge is 0.307 e. The van der Waals surface area contributed by atoms with Crippen LogP contribution in [0, 0.1) is 23.7 Å². The summed E-state index contributed by atoms with van der Waals surface area (Å²) in [7, 11) is 0. The minimum absolute atomic E-state index is 0.00264. The number of benzene rings is 4. The fourth-order valence-corrected chi connectivity index (χ4v) is 11.9. The first-order chi connectivity index (χ1) is 31.4. The van der Waals surface area contributed by atoms with E-state index >= 15 is 0 Å². The summed E-state index contributed by atoms with van der Waals surface area (Å²) in [5.41, 5.74) is 5.53. The molecule has 4 heterocycles. The summed E-state index contributed by atoms with van der Waals surface area (Å²) in [6, 6.07) is 23.6. The van der Waals surface area contributed by atoms with Gasteiger partial charge in [-0.1, -0.05) is 86.0 Å². The van der Waals surface area contributed by atoms with E-state index in [1.54, 1.807) is 65.3 Å². The number of carbonyl (C=O) groups excluding carboxylic acids is 7. The van der Waals surface area contributed by atoms with Gasteiger partial charge in [0.05, 0.1) is 59.3 Å². The quantitative estimate of drug-likeness (QED) is 0.180. The third-order valence-electron chi connectivity index (χ3n) is 15.2. The Morgan fingerprint density at radius 2 is 1.02 bits per heavy atom. The van der Waals surface area contributed by atoms with E-state index in [1.165, 1.54) is 4.90 Å². The highest BCUT2D eigenvalue weighted by Crippen LogP contribution is 2.44. The van der Waals surface area contributed by atoms with Crippen LogP contribution in [0.2, 0.25) is 0 Å². The number of Topliss-reactive ketones (excluding diaryl/α,β-unsaturated/α-hetero) is 1. The van der Waals surface area contributed by atoms with Crippen molar-refractivity contribution in [2.75, 3.05) is 26.2 Å². The Morgan fingerprint density at radius 1 is 0.523 bits per heavy atom. The fraction of sp³-hybridized carbons (Fsp3) is 0.385. The number of carboxylic acids is 1. The predicted molar refractivity (Wildman–Crippen MR) is 236 cm³/mol. The first kappa shape index (κ1) is 42.2. The van der Waals surface area contributed by atoms with Crippen LogP contribution < -0.4 is 0 Å². The van der Waals surface area contributed by atoms with Crippen molar-refractivity contribution in [1.29, 1.82) is 0 Å². The second-order valence-electron chi connectivity index (χ2n) is 18.5. The molecule has 4 aliphatic heterocycles. The Kier molecular flexibility index (Phi) is 10.8. The third-order valence-corrected chi connectivity index (χ3v) is 15.2. The maximum atomic E-state index is 14.9. The van der Waals surface area contributed by atoms with Crippen molar-refractivity contribution < 1.29 is 43.5 Å². The number of fused-ring (bicyclic) bond motifs is 4. The van der Waals surface area contributed by atoms with E-state index in [4.69, 9.17) is 0 Å². The summed E-state index contributed by atoms with van der Waals surface area (Å²) in [5, 5.41) is 10.1. The molecule has 13 nitrogen and oxygen atoms in total. The zero-order valence-corrected chi connectivity index (χ0v) is 36.2. The Balaban J connectivity index is 1.00. The summed E-state index contributed by atoms with van der Waals surface area (Å²) in [6.07, 6.45) is 5.34. The molecule has 2 saturated carbocycles. The number of carboxylic acid groups (broad SMARTS) is 1. The minimum atomic E-state index is -1.03. The van der Waals surface area contributed by atoms with Crippen molar-refractivity contribution in [3.63, 3.8) is 0 Å². The molecule has 6 amide bonds. The van der Waals surface area contributed by atoms with Crippen molar-refractivity contribution in [2.45, 2.75) is 76.8 Å². The fourth-order valence-electron chi connectivity index (χ4n) is 11.9. The zero-order chi connectivity index (χ0) is 45.3. The Morgan fingerprint density at radius 3 is 1.71 bits per heavy atom. The zero-order valence-electron chi connectivity index (χ0n) is 36.2. The van der Waals surface area contributed by atoms with Gasteiger partial charge < -0.3 is 14.9 Å². The van der Waals surface area contributed by atoms with Gasteiger partial charge in [0.1, 0.15) is 5.78 Å². The minimum Gasteiger partial charge on any atom is -0.481 e. The summed E-state index contributed by atoms with van der Waals surface area (Å²) in [5.74, 6) is -5.83. The maximum absolute atomic E-state index is 14.9. The van der Waals surface area contributed by atoms with Gasteiger partial charge in [-0.05, 0) is 97.0 Å². The molecule has 6 aliphatic rings. The monoisotopic (exact) mass is 874 g/mol. The maximum Gasteiger partial charge on any atom is 0.307 e. The average molecular weight is 875 g/mol. The number of imide groups is 2. The molecule has 0 saturated heterocycles. The van der Waals surface area contributed by atoms with Crippen LogP contribution >= 0.6 is 0 Å². The number of hydrogen-bond acceptors (Lipinski definition) is 8. The second-order valence-corrected chi connectivity index (χ2v) is 18.5. The number of aliphatic carboxylic acids is 1. The lowest BCUT2D eigenvalue weighted by Crippen LogP contribution is -2.50. The Labute approximate surface area is 376 Å². The highest BCUT2D eigenvalue weighted by Gasteiger charge is 2.48. The molecule has 0 bridgehead atoms. The molecule has 2 aliphatic carbocycles. The second kappa shape index (κ2) is 16.7. The van der Waals surface area contributed by atoms with Crippen LogP contribution in [0.25, 0.3) is 11.1 Å². The number of rotatable bonds is 9. The summed E-state index contributed by atoms with van der Waals surface area (Å²) >= 11 is 0. The molecule has 332 valence electrons. The van der Waals surface area contributed by atoms with Crippen LogP contribution in [-0.2, 0) is 32.0 Å². The van der Waals surface area contributed by atoms with Gasteiger partial charge in [-0.15, -0.1) is 0 Å².